The van der Waals surface area contributed by atoms with E-state index in [-0.39, 0.29) is 5.54 Å². The molecular formula is C13H21ClN2O2S2. The lowest BCUT2D eigenvalue weighted by molar-refractivity contribution is 0.0801. The van der Waals surface area contributed by atoms with Gasteiger partial charge in [0.2, 0.25) is 10.0 Å². The minimum Gasteiger partial charge on any atom is -0.299 e. The van der Waals surface area contributed by atoms with E-state index < -0.39 is 10.0 Å². The molecule has 1 aliphatic heterocycles. The number of halogens is 1. The average Bonchev–Trinajstić information content (AvgIpc) is 2.74. The summed E-state index contributed by atoms with van der Waals surface area (Å²) in [5.74, 6) is 0.356. The van der Waals surface area contributed by atoms with E-state index in [9.17, 15) is 8.42 Å². The van der Waals surface area contributed by atoms with Crippen LogP contribution < -0.4 is 0 Å². The van der Waals surface area contributed by atoms with Gasteiger partial charge < -0.3 is 0 Å². The molecule has 20 heavy (non-hydrogen) atoms. The van der Waals surface area contributed by atoms with Crippen LogP contribution in [0.5, 0.6) is 0 Å². The fourth-order valence-corrected chi connectivity index (χ4v) is 5.67. The van der Waals surface area contributed by atoms with E-state index in [1.165, 1.54) is 11.3 Å². The van der Waals surface area contributed by atoms with Crippen LogP contribution in [-0.4, -0.2) is 49.8 Å². The fraction of sp³-hybridized carbons (Fsp3) is 0.692. The zero-order chi connectivity index (χ0) is 15.1. The quantitative estimate of drug-likeness (QED) is 0.796. The Morgan fingerprint density at radius 3 is 2.55 bits per heavy atom. The van der Waals surface area contributed by atoms with Crippen molar-refractivity contribution in [1.29, 1.82) is 0 Å². The smallest absolute Gasteiger partial charge is 0.244 e. The minimum atomic E-state index is -3.42. The Morgan fingerprint density at radius 2 is 2.05 bits per heavy atom. The summed E-state index contributed by atoms with van der Waals surface area (Å²) in [5, 5.41) is 0. The Balaban J connectivity index is 2.33. The highest BCUT2D eigenvalue weighted by molar-refractivity contribution is 7.89. The molecule has 1 aromatic rings. The van der Waals surface area contributed by atoms with Gasteiger partial charge in [-0.1, -0.05) is 0 Å². The number of rotatable bonds is 3. The third kappa shape index (κ3) is 2.90. The van der Waals surface area contributed by atoms with Crippen LogP contribution in [0.15, 0.2) is 11.0 Å². The maximum absolute atomic E-state index is 12.8. The van der Waals surface area contributed by atoms with E-state index in [4.69, 9.17) is 11.6 Å². The first-order valence-corrected chi connectivity index (χ1v) is 9.34. The maximum atomic E-state index is 12.8. The number of hydrogen-bond donors (Lipinski definition) is 0. The summed E-state index contributed by atoms with van der Waals surface area (Å²) in [4.78, 5) is 4.33. The maximum Gasteiger partial charge on any atom is 0.244 e. The lowest BCUT2D eigenvalue weighted by atomic mass is 10.0. The van der Waals surface area contributed by atoms with Crippen LogP contribution in [0.3, 0.4) is 0 Å². The molecule has 0 aromatic carbocycles. The highest BCUT2D eigenvalue weighted by Crippen LogP contribution is 2.31. The van der Waals surface area contributed by atoms with Gasteiger partial charge in [0.05, 0.1) is 10.8 Å². The second-order valence-corrected chi connectivity index (χ2v) is 9.35. The summed E-state index contributed by atoms with van der Waals surface area (Å²) < 4.78 is 27.2. The summed E-state index contributed by atoms with van der Waals surface area (Å²) in [5.41, 5.74) is -0.148. The number of likely N-dealkylation sites (N-methyl/N-ethyl adjacent to an activating group) is 1. The molecule has 1 aliphatic rings. The number of sulfonamides is 1. The molecule has 0 spiro atoms. The van der Waals surface area contributed by atoms with Crippen molar-refractivity contribution in [3.63, 3.8) is 0 Å². The molecule has 4 nitrogen and oxygen atoms in total. The van der Waals surface area contributed by atoms with Crippen molar-refractivity contribution in [2.24, 2.45) is 0 Å². The number of nitrogens with zero attached hydrogens (tertiary/aromatic N) is 2. The van der Waals surface area contributed by atoms with Crippen LogP contribution in [0.1, 0.15) is 23.6 Å². The third-order valence-corrected chi connectivity index (χ3v) is 7.55. The summed E-state index contributed by atoms with van der Waals surface area (Å²) >= 11 is 7.27. The van der Waals surface area contributed by atoms with Gasteiger partial charge in [-0.25, -0.2) is 8.42 Å². The molecule has 0 unspecified atom stereocenters. The molecule has 0 radical (unpaired) electrons. The fourth-order valence-electron chi connectivity index (χ4n) is 2.39. The second-order valence-electron chi connectivity index (χ2n) is 5.84. The molecule has 1 aromatic heterocycles. The van der Waals surface area contributed by atoms with Gasteiger partial charge in [-0.15, -0.1) is 22.9 Å². The van der Waals surface area contributed by atoms with E-state index in [2.05, 4.69) is 18.7 Å². The molecule has 0 amide bonds. The zero-order valence-corrected chi connectivity index (χ0v) is 14.7. The normalized spacial score (nSPS) is 21.2. The van der Waals surface area contributed by atoms with E-state index >= 15 is 0 Å². The van der Waals surface area contributed by atoms with Gasteiger partial charge in [0, 0.05) is 34.9 Å². The molecule has 0 N–H and O–H groups in total. The number of aryl methyl sites for hydroxylation is 1. The van der Waals surface area contributed by atoms with Crippen LogP contribution in [0, 0.1) is 6.92 Å². The van der Waals surface area contributed by atoms with Crippen LogP contribution in [0.4, 0.5) is 0 Å². The number of thiophene rings is 1. The van der Waals surface area contributed by atoms with Crippen molar-refractivity contribution in [3.05, 3.63) is 15.8 Å². The predicted molar refractivity (Wildman–Crippen MR) is 84.1 cm³/mol. The Hall–Kier alpha value is -0.140. The van der Waals surface area contributed by atoms with Crippen molar-refractivity contribution >= 4 is 33.0 Å². The lowest BCUT2D eigenvalue weighted by Gasteiger charge is -2.44. The highest BCUT2D eigenvalue weighted by atomic mass is 35.5. The van der Waals surface area contributed by atoms with Crippen molar-refractivity contribution in [2.45, 2.75) is 37.1 Å². The SMILES string of the molecule is Cc1sc(CCl)cc1S(=O)(=O)N1CCN(C)C(C)(C)C1. The van der Waals surface area contributed by atoms with Crippen LogP contribution in [0.2, 0.25) is 0 Å². The van der Waals surface area contributed by atoms with Crippen LogP contribution in [-0.2, 0) is 15.9 Å². The first kappa shape index (κ1) is 16.2. The molecule has 2 rings (SSSR count). The molecule has 114 valence electrons. The standard InChI is InChI=1S/C13H21ClN2O2S2/c1-10-12(7-11(8-14)19-10)20(17,18)16-6-5-15(4)13(2,3)9-16/h7H,5-6,8-9H2,1-4H3. The van der Waals surface area contributed by atoms with Crippen molar-refractivity contribution in [1.82, 2.24) is 9.21 Å². The van der Waals surface area contributed by atoms with Crippen LogP contribution >= 0.6 is 22.9 Å². The van der Waals surface area contributed by atoms with Gasteiger partial charge in [-0.05, 0) is 33.9 Å². The molecule has 0 saturated carbocycles. The Morgan fingerprint density at radius 1 is 1.40 bits per heavy atom. The first-order chi connectivity index (χ1) is 9.18. The number of piperazine rings is 1. The van der Waals surface area contributed by atoms with E-state index in [1.807, 2.05) is 14.0 Å². The largest absolute Gasteiger partial charge is 0.299 e. The van der Waals surface area contributed by atoms with Crippen LogP contribution in [0.25, 0.3) is 0 Å². The van der Waals surface area contributed by atoms with Gasteiger partial charge in [0.15, 0.2) is 0 Å². The lowest BCUT2D eigenvalue weighted by Crippen LogP contribution is -2.58. The third-order valence-electron chi connectivity index (χ3n) is 3.95. The Bertz CT molecular complexity index is 596. The molecule has 0 atom stereocenters. The van der Waals surface area contributed by atoms with Gasteiger partial charge in [0.25, 0.3) is 0 Å². The molecule has 1 saturated heterocycles. The summed E-state index contributed by atoms with van der Waals surface area (Å²) in [6.07, 6.45) is 0. The summed E-state index contributed by atoms with van der Waals surface area (Å²) in [6, 6.07) is 1.72. The van der Waals surface area contributed by atoms with E-state index in [0.717, 1.165) is 16.3 Å². The van der Waals surface area contributed by atoms with Gasteiger partial charge in [-0.2, -0.15) is 4.31 Å². The molecule has 7 heteroatoms. The average molecular weight is 337 g/mol. The number of hydrogen-bond acceptors (Lipinski definition) is 4. The summed E-state index contributed by atoms with van der Waals surface area (Å²) in [6.45, 7) is 7.77. The second kappa shape index (κ2) is 5.57. The van der Waals surface area contributed by atoms with Gasteiger partial charge in [0.1, 0.15) is 0 Å². The van der Waals surface area contributed by atoms with Crippen molar-refractivity contribution < 1.29 is 8.42 Å². The van der Waals surface area contributed by atoms with Gasteiger partial charge >= 0.3 is 0 Å². The molecule has 0 bridgehead atoms. The molecule has 1 fully saturated rings. The Labute approximate surface area is 130 Å². The Kier molecular flexibility index (Phi) is 4.52. The van der Waals surface area contributed by atoms with E-state index in [1.54, 1.807) is 10.4 Å². The first-order valence-electron chi connectivity index (χ1n) is 6.55. The zero-order valence-electron chi connectivity index (χ0n) is 12.3. The highest BCUT2D eigenvalue weighted by Gasteiger charge is 2.38. The molecule has 0 aliphatic carbocycles. The monoisotopic (exact) mass is 336 g/mol. The van der Waals surface area contributed by atoms with Crippen molar-refractivity contribution in [2.75, 3.05) is 26.7 Å². The minimum absolute atomic E-state index is 0.148. The number of alkyl halides is 1. The van der Waals surface area contributed by atoms with Gasteiger partial charge in [-0.3, -0.25) is 4.90 Å². The topological polar surface area (TPSA) is 40.6 Å². The molecule has 2 heterocycles. The van der Waals surface area contributed by atoms with E-state index in [0.29, 0.717) is 23.9 Å². The summed E-state index contributed by atoms with van der Waals surface area (Å²) in [7, 11) is -1.38. The van der Waals surface area contributed by atoms with Crippen molar-refractivity contribution in [3.8, 4) is 0 Å². The molecular weight excluding hydrogens is 316 g/mol. The predicted octanol–water partition coefficient (Wildman–Crippen LogP) is 2.51.